The van der Waals surface area contributed by atoms with Gasteiger partial charge >= 0.3 is 5.97 Å². The summed E-state index contributed by atoms with van der Waals surface area (Å²) in [5.41, 5.74) is 0. The van der Waals surface area contributed by atoms with Crippen molar-refractivity contribution in [1.82, 2.24) is 0 Å². The van der Waals surface area contributed by atoms with Gasteiger partial charge in [0.25, 0.3) is 0 Å². The lowest BCUT2D eigenvalue weighted by Crippen LogP contribution is -2.05. The van der Waals surface area contributed by atoms with E-state index in [-0.39, 0.29) is 5.97 Å². The molecule has 0 unspecified atom stereocenters. The second kappa shape index (κ2) is 62.7. The van der Waals surface area contributed by atoms with Gasteiger partial charge in [-0.1, -0.05) is 6.58 Å². The van der Waals surface area contributed by atoms with Crippen molar-refractivity contribution in [3.63, 3.8) is 0 Å². The molecule has 0 radical (unpaired) electrons. The van der Waals surface area contributed by atoms with Crippen LogP contribution in [-0.4, -0.2) is 171 Å². The SMILES string of the molecule is C=CC(=O)OCCCCOCCCCOCCCCOCCCCOCCCCOCCCCOCCCCOCCCCOCCCCOCCCCOCCCCOCCCCOCC. The van der Waals surface area contributed by atoms with Crippen LogP contribution in [0.3, 0.4) is 0 Å². The second-order valence-electron chi connectivity index (χ2n) is 16.8. The molecular weight excluding hydrogens is 861 g/mol. The third-order valence-corrected chi connectivity index (χ3v) is 10.4. The number of carbonyl (C=O) groups excluding carboxylic acids is 1. The standard InChI is InChI=1S/C53H104O14/c1-3-53(54)67-52-28-27-51-66-50-26-25-49-65-48-24-23-47-64-46-22-21-45-63-44-20-19-43-62-42-18-17-41-61-40-16-15-39-60-38-14-13-37-59-36-12-11-35-58-34-10-9-33-57-32-8-7-31-56-30-6-5-29-55-4-2/h3H,1,4-52H2,2H3. The molecule has 0 N–H and O–H groups in total. The summed E-state index contributed by atoms with van der Waals surface area (Å²) in [6.45, 7) is 25.0. The number of rotatable bonds is 62. The normalized spacial score (nSPS) is 11.5. The van der Waals surface area contributed by atoms with Gasteiger partial charge in [0, 0.05) is 165 Å². The van der Waals surface area contributed by atoms with E-state index in [0.29, 0.717) is 13.2 Å². The molecule has 0 aromatic carbocycles. The Morgan fingerprint density at radius 3 is 0.522 bits per heavy atom. The molecule has 400 valence electrons. The van der Waals surface area contributed by atoms with Crippen molar-refractivity contribution in [3.8, 4) is 0 Å². The average molecular weight is 965 g/mol. The molecule has 0 aromatic rings. The second-order valence-corrected chi connectivity index (χ2v) is 16.8. The lowest BCUT2D eigenvalue weighted by atomic mass is 10.3. The highest BCUT2D eigenvalue weighted by Gasteiger charge is 2.00. The maximum Gasteiger partial charge on any atom is 0.330 e. The first-order valence-corrected chi connectivity index (χ1v) is 27.0. The molecule has 0 rings (SSSR count). The molecule has 0 amide bonds. The summed E-state index contributed by atoms with van der Waals surface area (Å²) in [6.07, 6.45) is 25.8. The van der Waals surface area contributed by atoms with Crippen molar-refractivity contribution in [2.75, 3.05) is 165 Å². The summed E-state index contributed by atoms with van der Waals surface area (Å²) < 4.78 is 73.3. The maximum atomic E-state index is 10.9. The fraction of sp³-hybridized carbons (Fsp3) is 0.943. The topological polar surface area (TPSA) is 137 Å². The Morgan fingerprint density at radius 1 is 0.254 bits per heavy atom. The van der Waals surface area contributed by atoms with Crippen molar-refractivity contribution in [2.24, 2.45) is 0 Å². The molecule has 0 bridgehead atoms. The van der Waals surface area contributed by atoms with E-state index in [9.17, 15) is 4.79 Å². The van der Waals surface area contributed by atoms with E-state index >= 15 is 0 Å². The smallest absolute Gasteiger partial charge is 0.330 e. The van der Waals surface area contributed by atoms with Crippen molar-refractivity contribution < 1.29 is 66.4 Å². The van der Waals surface area contributed by atoms with E-state index in [2.05, 4.69) is 6.58 Å². The minimum atomic E-state index is -0.369. The van der Waals surface area contributed by atoms with E-state index < -0.39 is 0 Å². The molecular formula is C53H104O14. The van der Waals surface area contributed by atoms with E-state index in [1.165, 1.54) is 6.08 Å². The third-order valence-electron chi connectivity index (χ3n) is 10.4. The molecule has 0 saturated carbocycles. The molecule has 0 aliphatic heterocycles. The van der Waals surface area contributed by atoms with E-state index in [0.717, 1.165) is 306 Å². The van der Waals surface area contributed by atoms with Gasteiger partial charge in [0.15, 0.2) is 0 Å². The van der Waals surface area contributed by atoms with Crippen LogP contribution in [0.5, 0.6) is 0 Å². The van der Waals surface area contributed by atoms with Crippen LogP contribution in [0, 0.1) is 0 Å². The zero-order valence-corrected chi connectivity index (χ0v) is 43.1. The fourth-order valence-corrected chi connectivity index (χ4v) is 6.30. The monoisotopic (exact) mass is 965 g/mol. The quantitative estimate of drug-likeness (QED) is 0.0325. The van der Waals surface area contributed by atoms with Gasteiger partial charge < -0.3 is 61.6 Å². The molecule has 67 heavy (non-hydrogen) atoms. The highest BCUT2D eigenvalue weighted by atomic mass is 16.5. The summed E-state index contributed by atoms with van der Waals surface area (Å²) in [5.74, 6) is -0.369. The summed E-state index contributed by atoms with van der Waals surface area (Å²) in [6, 6.07) is 0. The summed E-state index contributed by atoms with van der Waals surface area (Å²) >= 11 is 0. The van der Waals surface area contributed by atoms with Crippen LogP contribution in [-0.2, 0) is 66.4 Å². The Balaban J connectivity index is 3.07. The minimum Gasteiger partial charge on any atom is -0.463 e. The Hall–Kier alpha value is -1.27. The summed E-state index contributed by atoms with van der Waals surface area (Å²) in [7, 11) is 0. The van der Waals surface area contributed by atoms with Gasteiger partial charge in [-0.2, -0.15) is 0 Å². The summed E-state index contributed by atoms with van der Waals surface area (Å²) in [5, 5.41) is 0. The molecule has 0 aromatic heterocycles. The highest BCUT2D eigenvalue weighted by molar-refractivity contribution is 5.81. The lowest BCUT2D eigenvalue weighted by molar-refractivity contribution is -0.137. The van der Waals surface area contributed by atoms with Gasteiger partial charge in [-0.15, -0.1) is 0 Å². The van der Waals surface area contributed by atoms with Crippen molar-refractivity contribution in [1.29, 1.82) is 0 Å². The number of hydrogen-bond donors (Lipinski definition) is 0. The van der Waals surface area contributed by atoms with Gasteiger partial charge in [-0.25, -0.2) is 4.79 Å². The average Bonchev–Trinajstić information content (AvgIpc) is 3.34. The van der Waals surface area contributed by atoms with Gasteiger partial charge in [-0.3, -0.25) is 0 Å². The predicted octanol–water partition coefficient (Wildman–Crippen LogP) is 10.3. The Bertz CT molecular complexity index is 917. The van der Waals surface area contributed by atoms with Crippen molar-refractivity contribution in [3.05, 3.63) is 12.7 Å². The fourth-order valence-electron chi connectivity index (χ4n) is 6.30. The number of hydrogen-bond acceptors (Lipinski definition) is 14. The number of unbranched alkanes of at least 4 members (excludes halogenated alkanes) is 12. The minimum absolute atomic E-state index is 0.369. The zero-order valence-electron chi connectivity index (χ0n) is 43.1. The molecule has 0 aliphatic carbocycles. The van der Waals surface area contributed by atoms with Crippen LogP contribution in [0.1, 0.15) is 161 Å². The first-order chi connectivity index (χ1) is 33.3. The maximum absolute atomic E-state index is 10.9. The van der Waals surface area contributed by atoms with Gasteiger partial charge in [-0.05, 0) is 161 Å². The van der Waals surface area contributed by atoms with Crippen LogP contribution in [0.4, 0.5) is 0 Å². The van der Waals surface area contributed by atoms with Gasteiger partial charge in [0.05, 0.1) is 6.61 Å². The third kappa shape index (κ3) is 62.7. The van der Waals surface area contributed by atoms with Crippen LogP contribution in [0.15, 0.2) is 12.7 Å². The molecule has 0 aliphatic rings. The predicted molar refractivity (Wildman–Crippen MR) is 267 cm³/mol. The molecule has 14 nitrogen and oxygen atoms in total. The first-order valence-electron chi connectivity index (χ1n) is 27.0. The van der Waals surface area contributed by atoms with E-state index in [4.69, 9.17) is 61.6 Å². The van der Waals surface area contributed by atoms with Gasteiger partial charge in [0.1, 0.15) is 0 Å². The zero-order chi connectivity index (χ0) is 48.1. The molecule has 0 saturated heterocycles. The molecule has 0 atom stereocenters. The van der Waals surface area contributed by atoms with Crippen LogP contribution in [0.25, 0.3) is 0 Å². The van der Waals surface area contributed by atoms with E-state index in [1.54, 1.807) is 0 Å². The van der Waals surface area contributed by atoms with Crippen molar-refractivity contribution >= 4 is 5.97 Å². The molecule has 0 heterocycles. The van der Waals surface area contributed by atoms with Crippen LogP contribution >= 0.6 is 0 Å². The largest absolute Gasteiger partial charge is 0.463 e. The lowest BCUT2D eigenvalue weighted by Gasteiger charge is -2.08. The molecule has 14 heteroatoms. The van der Waals surface area contributed by atoms with Crippen LogP contribution < -0.4 is 0 Å². The highest BCUT2D eigenvalue weighted by Crippen LogP contribution is 2.03. The van der Waals surface area contributed by atoms with Crippen molar-refractivity contribution in [2.45, 2.75) is 161 Å². The Labute approximate surface area is 410 Å². The van der Waals surface area contributed by atoms with E-state index in [1.807, 2.05) is 6.92 Å². The van der Waals surface area contributed by atoms with Crippen LogP contribution in [0.2, 0.25) is 0 Å². The number of carbonyl (C=O) groups is 1. The molecule has 0 spiro atoms. The number of esters is 1. The number of ether oxygens (including phenoxy) is 13. The molecule has 0 fully saturated rings. The Morgan fingerprint density at radius 2 is 0.388 bits per heavy atom. The first kappa shape index (κ1) is 65.7. The van der Waals surface area contributed by atoms with Gasteiger partial charge in [0.2, 0.25) is 0 Å². The Kier molecular flexibility index (Phi) is 61.6. The summed E-state index contributed by atoms with van der Waals surface area (Å²) in [4.78, 5) is 10.9.